The smallest absolute Gasteiger partial charge is 0.345 e. The van der Waals surface area contributed by atoms with Gasteiger partial charge in [-0.25, -0.2) is 9.18 Å². The van der Waals surface area contributed by atoms with Crippen LogP contribution in [0.5, 0.6) is 0 Å². The van der Waals surface area contributed by atoms with Crippen molar-refractivity contribution in [2.75, 3.05) is 0 Å². The highest BCUT2D eigenvalue weighted by Gasteiger charge is 2.22. The molecule has 0 aliphatic heterocycles. The fourth-order valence-corrected chi connectivity index (χ4v) is 5.13. The summed E-state index contributed by atoms with van der Waals surface area (Å²) in [6.07, 6.45) is 7.21. The molecule has 0 N–H and O–H groups in total. The van der Waals surface area contributed by atoms with E-state index >= 15 is 0 Å². The molecule has 4 aromatic rings. The average molecular weight is 448 g/mol. The maximum atomic E-state index is 13.1. The van der Waals surface area contributed by atoms with E-state index in [4.69, 9.17) is 4.42 Å². The van der Waals surface area contributed by atoms with Crippen molar-refractivity contribution in [3.63, 3.8) is 0 Å². The van der Waals surface area contributed by atoms with Crippen molar-refractivity contribution in [3.05, 3.63) is 86.6 Å². The van der Waals surface area contributed by atoms with E-state index < -0.39 is 0 Å². The second-order valence-electron chi connectivity index (χ2n) is 7.95. The van der Waals surface area contributed by atoms with Crippen LogP contribution in [0.4, 0.5) is 4.39 Å². The molecule has 5 rings (SSSR count). The first-order valence-electron chi connectivity index (χ1n) is 10.7. The first kappa shape index (κ1) is 20.6. The van der Waals surface area contributed by atoms with Crippen molar-refractivity contribution < 1.29 is 8.81 Å². The summed E-state index contributed by atoms with van der Waals surface area (Å²) >= 11 is 1.46. The Kier molecular flexibility index (Phi) is 5.81. The maximum absolute atomic E-state index is 13.1. The molecule has 0 bridgehead atoms. The molecule has 0 amide bonds. The molecule has 1 saturated carbocycles. The van der Waals surface area contributed by atoms with Crippen molar-refractivity contribution in [3.8, 4) is 11.3 Å². The molecule has 2 aromatic heterocycles. The third kappa shape index (κ3) is 4.21. The first-order chi connectivity index (χ1) is 15.7. The highest BCUT2D eigenvalue weighted by atomic mass is 32.1. The summed E-state index contributed by atoms with van der Waals surface area (Å²) in [5.74, 6) is -0.286. The van der Waals surface area contributed by atoms with Crippen molar-refractivity contribution in [1.82, 2.24) is 4.57 Å². The highest BCUT2D eigenvalue weighted by Crippen LogP contribution is 2.32. The van der Waals surface area contributed by atoms with Gasteiger partial charge in [-0.15, -0.1) is 16.4 Å². The molecule has 0 atom stereocenters. The van der Waals surface area contributed by atoms with Crippen LogP contribution in [-0.2, 0) is 0 Å². The third-order valence-corrected chi connectivity index (χ3v) is 6.65. The molecule has 5 nitrogen and oxygen atoms in total. The Hall–Kier alpha value is -3.32. The predicted molar refractivity (Wildman–Crippen MR) is 125 cm³/mol. The van der Waals surface area contributed by atoms with Gasteiger partial charge in [-0.1, -0.05) is 49.6 Å². The van der Waals surface area contributed by atoms with E-state index in [9.17, 15) is 9.18 Å². The molecule has 0 radical (unpaired) electrons. The second kappa shape index (κ2) is 9.04. The van der Waals surface area contributed by atoms with E-state index in [2.05, 4.69) is 14.8 Å². The van der Waals surface area contributed by atoms with Gasteiger partial charge in [0.05, 0.1) is 17.5 Å². The SMILES string of the molecule is O=c1oc2ccccc2cc1-c1cs/c(=N\N=C\c2ccc(F)cc2)n1C1CCCCC1. The molecule has 162 valence electrons. The molecule has 7 heteroatoms. The number of rotatable bonds is 4. The maximum Gasteiger partial charge on any atom is 0.345 e. The largest absolute Gasteiger partial charge is 0.422 e. The quantitative estimate of drug-likeness (QED) is 0.222. The Morgan fingerprint density at radius 3 is 2.66 bits per heavy atom. The molecule has 1 aliphatic carbocycles. The fraction of sp³-hybridized carbons (Fsp3) is 0.240. The summed E-state index contributed by atoms with van der Waals surface area (Å²) in [6.45, 7) is 0. The van der Waals surface area contributed by atoms with Gasteiger partial charge in [-0.2, -0.15) is 5.10 Å². The molecule has 1 fully saturated rings. The molecule has 0 spiro atoms. The fourth-order valence-electron chi connectivity index (χ4n) is 4.22. The van der Waals surface area contributed by atoms with E-state index in [1.165, 1.54) is 29.9 Å². The minimum atomic E-state index is -0.354. The zero-order valence-corrected chi connectivity index (χ0v) is 18.2. The molecular weight excluding hydrogens is 425 g/mol. The number of aromatic nitrogens is 1. The summed E-state index contributed by atoms with van der Waals surface area (Å²) in [4.78, 5) is 13.6. The number of hydrogen-bond donors (Lipinski definition) is 0. The summed E-state index contributed by atoms with van der Waals surface area (Å²) in [5.41, 5.74) is 2.35. The molecule has 0 unspecified atom stereocenters. The van der Waals surface area contributed by atoms with Crippen LogP contribution in [0, 0.1) is 5.82 Å². The number of para-hydroxylation sites is 1. The van der Waals surface area contributed by atoms with Crippen LogP contribution in [-0.4, -0.2) is 10.8 Å². The lowest BCUT2D eigenvalue weighted by molar-refractivity contribution is 0.350. The van der Waals surface area contributed by atoms with E-state index in [1.54, 1.807) is 24.4 Å². The summed E-state index contributed by atoms with van der Waals surface area (Å²) in [7, 11) is 0. The molecule has 32 heavy (non-hydrogen) atoms. The number of thiazole rings is 1. The van der Waals surface area contributed by atoms with Crippen LogP contribution < -0.4 is 10.4 Å². The Morgan fingerprint density at radius 1 is 1.06 bits per heavy atom. The Balaban J connectivity index is 1.61. The lowest BCUT2D eigenvalue weighted by atomic mass is 9.95. The molecular formula is C25H22FN3O2S. The van der Waals surface area contributed by atoms with Gasteiger partial charge in [0.25, 0.3) is 0 Å². The van der Waals surface area contributed by atoms with Crippen LogP contribution >= 0.6 is 11.3 Å². The highest BCUT2D eigenvalue weighted by molar-refractivity contribution is 7.07. The number of hydrogen-bond acceptors (Lipinski definition) is 5. The van der Waals surface area contributed by atoms with Gasteiger partial charge in [-0.3, -0.25) is 0 Å². The number of nitrogens with zero attached hydrogens (tertiary/aromatic N) is 3. The van der Waals surface area contributed by atoms with E-state index in [-0.39, 0.29) is 17.5 Å². The second-order valence-corrected chi connectivity index (χ2v) is 8.78. The van der Waals surface area contributed by atoms with E-state index in [0.717, 1.165) is 47.1 Å². The minimum absolute atomic E-state index is 0.260. The van der Waals surface area contributed by atoms with Gasteiger partial charge in [0.15, 0.2) is 0 Å². The first-order valence-corrected chi connectivity index (χ1v) is 11.6. The lowest BCUT2D eigenvalue weighted by Gasteiger charge is -2.24. The lowest BCUT2D eigenvalue weighted by Crippen LogP contribution is -2.24. The van der Waals surface area contributed by atoms with Crippen molar-refractivity contribution in [1.29, 1.82) is 0 Å². The zero-order valence-electron chi connectivity index (χ0n) is 17.4. The summed E-state index contributed by atoms with van der Waals surface area (Å²) < 4.78 is 20.9. The molecule has 1 aliphatic rings. The topological polar surface area (TPSA) is 59.9 Å². The number of halogens is 1. The van der Waals surface area contributed by atoms with Gasteiger partial charge in [-0.05, 0) is 42.7 Å². The Bertz CT molecular complexity index is 1390. The molecule has 2 aromatic carbocycles. The predicted octanol–water partition coefficient (Wildman–Crippen LogP) is 5.90. The van der Waals surface area contributed by atoms with Crippen molar-refractivity contribution in [2.24, 2.45) is 10.2 Å². The van der Waals surface area contributed by atoms with Crippen LogP contribution in [0.25, 0.3) is 22.2 Å². The van der Waals surface area contributed by atoms with Gasteiger partial charge < -0.3 is 8.98 Å². The Morgan fingerprint density at radius 2 is 1.84 bits per heavy atom. The standard InChI is InChI=1S/C25H22FN3O2S/c26-19-12-10-17(11-13-19)15-27-28-25-29(20-7-2-1-3-8-20)22(16-32-25)21-14-18-6-4-5-9-23(18)31-24(21)30/h4-6,9-16,20H,1-3,7-8H2/b27-15+,28-25-. The van der Waals surface area contributed by atoms with E-state index in [1.807, 2.05) is 29.6 Å². The normalized spacial score (nSPS) is 15.7. The zero-order chi connectivity index (χ0) is 21.9. The summed E-state index contributed by atoms with van der Waals surface area (Å²) in [6, 6.07) is 15.8. The van der Waals surface area contributed by atoms with Gasteiger partial charge in [0, 0.05) is 16.8 Å². The molecule has 2 heterocycles. The number of fused-ring (bicyclic) bond motifs is 1. The van der Waals surface area contributed by atoms with E-state index in [0.29, 0.717) is 11.1 Å². The molecule has 0 saturated heterocycles. The third-order valence-electron chi connectivity index (χ3n) is 5.82. The van der Waals surface area contributed by atoms with Crippen molar-refractivity contribution in [2.45, 2.75) is 38.1 Å². The average Bonchev–Trinajstić information content (AvgIpc) is 3.24. The van der Waals surface area contributed by atoms with Gasteiger partial charge >= 0.3 is 5.63 Å². The van der Waals surface area contributed by atoms with Crippen LogP contribution in [0.15, 0.2) is 79.4 Å². The van der Waals surface area contributed by atoms with Crippen LogP contribution in [0.2, 0.25) is 0 Å². The monoisotopic (exact) mass is 447 g/mol. The van der Waals surface area contributed by atoms with Crippen LogP contribution in [0.1, 0.15) is 43.7 Å². The van der Waals surface area contributed by atoms with Gasteiger partial charge in [0.2, 0.25) is 4.80 Å². The number of benzene rings is 2. The minimum Gasteiger partial charge on any atom is -0.422 e. The van der Waals surface area contributed by atoms with Crippen LogP contribution in [0.3, 0.4) is 0 Å². The summed E-state index contributed by atoms with van der Waals surface area (Å²) in [5, 5.41) is 11.5. The van der Waals surface area contributed by atoms with Crippen molar-refractivity contribution >= 4 is 28.5 Å². The Labute approximate surface area is 188 Å². The van der Waals surface area contributed by atoms with Gasteiger partial charge in [0.1, 0.15) is 11.4 Å².